The van der Waals surface area contributed by atoms with Crippen LogP contribution in [0.5, 0.6) is 0 Å². The molecule has 2 aromatic rings. The van der Waals surface area contributed by atoms with Crippen molar-refractivity contribution in [1.82, 2.24) is 4.90 Å². The molecule has 0 aliphatic rings. The average molecular weight is 317 g/mol. The topological polar surface area (TPSA) is 32.7 Å². The number of nitrogens with zero attached hydrogens (tertiary/aromatic N) is 1. The van der Waals surface area contributed by atoms with Crippen molar-refractivity contribution in [1.29, 1.82) is 0 Å². The predicted molar refractivity (Wildman–Crippen MR) is 89.6 cm³/mol. The highest BCUT2D eigenvalue weighted by molar-refractivity contribution is 5.18. The maximum absolute atomic E-state index is 13.0. The molecule has 0 saturated heterocycles. The van der Waals surface area contributed by atoms with Crippen LogP contribution in [0.25, 0.3) is 0 Å². The number of benzene rings is 2. The van der Waals surface area contributed by atoms with Crippen LogP contribution >= 0.6 is 0 Å². The van der Waals surface area contributed by atoms with E-state index in [0.717, 1.165) is 24.1 Å². The molecule has 0 radical (unpaired) electrons. The summed E-state index contributed by atoms with van der Waals surface area (Å²) < 4.78 is 18.1. The molecule has 0 aliphatic heterocycles. The summed E-state index contributed by atoms with van der Waals surface area (Å²) in [6, 6.07) is 16.1. The number of aliphatic hydroxyl groups excluding tert-OH is 1. The van der Waals surface area contributed by atoms with Gasteiger partial charge in [-0.3, -0.25) is 4.90 Å². The maximum atomic E-state index is 13.0. The van der Waals surface area contributed by atoms with Crippen molar-refractivity contribution in [2.75, 3.05) is 26.8 Å². The molecule has 0 amide bonds. The van der Waals surface area contributed by atoms with Crippen LogP contribution in [0.4, 0.5) is 4.39 Å². The predicted octanol–water partition coefficient (Wildman–Crippen LogP) is 3.40. The van der Waals surface area contributed by atoms with Crippen LogP contribution in [0.2, 0.25) is 0 Å². The molecule has 0 saturated carbocycles. The number of ether oxygens (including phenoxy) is 1. The molecule has 0 bridgehead atoms. The normalized spacial score (nSPS) is 12.5. The number of hydrogen-bond acceptors (Lipinski definition) is 3. The van der Waals surface area contributed by atoms with Crippen LogP contribution in [0.3, 0.4) is 0 Å². The van der Waals surface area contributed by atoms with Crippen molar-refractivity contribution >= 4 is 0 Å². The first kappa shape index (κ1) is 17.6. The van der Waals surface area contributed by atoms with Crippen molar-refractivity contribution in [2.45, 2.75) is 19.1 Å². The highest BCUT2D eigenvalue weighted by Gasteiger charge is 2.14. The molecule has 0 unspecified atom stereocenters. The van der Waals surface area contributed by atoms with Gasteiger partial charge in [-0.2, -0.15) is 0 Å². The summed E-state index contributed by atoms with van der Waals surface area (Å²) in [5.41, 5.74) is 1.94. The maximum Gasteiger partial charge on any atom is 0.123 e. The van der Waals surface area contributed by atoms with Crippen LogP contribution in [0.1, 0.15) is 23.7 Å². The van der Waals surface area contributed by atoms with Gasteiger partial charge in [0.1, 0.15) is 5.82 Å². The lowest BCUT2D eigenvalue weighted by molar-refractivity contribution is 0.0995. The number of methoxy groups -OCH3 is 1. The Balaban J connectivity index is 1.99. The van der Waals surface area contributed by atoms with E-state index in [4.69, 9.17) is 4.74 Å². The molecule has 2 aromatic carbocycles. The lowest BCUT2D eigenvalue weighted by Gasteiger charge is -2.25. The Labute approximate surface area is 137 Å². The van der Waals surface area contributed by atoms with E-state index in [2.05, 4.69) is 4.90 Å². The van der Waals surface area contributed by atoms with Gasteiger partial charge in [0.15, 0.2) is 0 Å². The van der Waals surface area contributed by atoms with Gasteiger partial charge in [-0.15, -0.1) is 0 Å². The second kappa shape index (κ2) is 9.40. The highest BCUT2D eigenvalue weighted by Crippen LogP contribution is 2.16. The highest BCUT2D eigenvalue weighted by atomic mass is 19.1. The fourth-order valence-electron chi connectivity index (χ4n) is 2.54. The van der Waals surface area contributed by atoms with Gasteiger partial charge in [-0.25, -0.2) is 4.39 Å². The Morgan fingerprint density at radius 3 is 2.43 bits per heavy atom. The van der Waals surface area contributed by atoms with Gasteiger partial charge < -0.3 is 9.84 Å². The SMILES string of the molecule is COCCCN(Cc1ccc(F)cc1)C[C@H](O)c1ccccc1. The molecule has 1 atom stereocenters. The first-order chi connectivity index (χ1) is 11.2. The first-order valence-corrected chi connectivity index (χ1v) is 7.88. The summed E-state index contributed by atoms with van der Waals surface area (Å²) >= 11 is 0. The Morgan fingerprint density at radius 1 is 1.09 bits per heavy atom. The van der Waals surface area contributed by atoms with Gasteiger partial charge in [0, 0.05) is 33.4 Å². The van der Waals surface area contributed by atoms with Crippen LogP contribution in [-0.4, -0.2) is 36.8 Å². The minimum atomic E-state index is -0.542. The second-order valence-corrected chi connectivity index (χ2v) is 5.63. The Morgan fingerprint density at radius 2 is 1.78 bits per heavy atom. The van der Waals surface area contributed by atoms with Crippen molar-refractivity contribution in [3.63, 3.8) is 0 Å². The number of hydrogen-bond donors (Lipinski definition) is 1. The molecule has 0 spiro atoms. The summed E-state index contributed by atoms with van der Waals surface area (Å²) in [5, 5.41) is 10.4. The number of rotatable bonds is 9. The minimum Gasteiger partial charge on any atom is -0.387 e. The van der Waals surface area contributed by atoms with E-state index in [1.807, 2.05) is 30.3 Å². The molecule has 23 heavy (non-hydrogen) atoms. The van der Waals surface area contributed by atoms with E-state index in [1.165, 1.54) is 12.1 Å². The van der Waals surface area contributed by atoms with Crippen molar-refractivity contribution < 1.29 is 14.2 Å². The fourth-order valence-corrected chi connectivity index (χ4v) is 2.54. The standard InChI is InChI=1S/C19H24FNO2/c1-23-13-5-12-21(14-16-8-10-18(20)11-9-16)15-19(22)17-6-3-2-4-7-17/h2-4,6-11,19,22H,5,12-15H2,1H3/t19-/m0/s1. The van der Waals surface area contributed by atoms with Gasteiger partial charge >= 0.3 is 0 Å². The van der Waals surface area contributed by atoms with E-state index >= 15 is 0 Å². The van der Waals surface area contributed by atoms with Crippen LogP contribution < -0.4 is 0 Å². The van der Waals surface area contributed by atoms with Crippen molar-refractivity contribution in [2.24, 2.45) is 0 Å². The smallest absolute Gasteiger partial charge is 0.123 e. The summed E-state index contributed by atoms with van der Waals surface area (Å²) in [4.78, 5) is 2.17. The molecule has 124 valence electrons. The van der Waals surface area contributed by atoms with Crippen molar-refractivity contribution in [3.05, 3.63) is 71.5 Å². The van der Waals surface area contributed by atoms with E-state index in [0.29, 0.717) is 19.7 Å². The zero-order chi connectivity index (χ0) is 16.5. The summed E-state index contributed by atoms with van der Waals surface area (Å²) in [6.07, 6.45) is 0.346. The zero-order valence-electron chi connectivity index (χ0n) is 13.5. The molecule has 4 heteroatoms. The molecule has 2 rings (SSSR count). The van der Waals surface area contributed by atoms with E-state index < -0.39 is 6.10 Å². The first-order valence-electron chi connectivity index (χ1n) is 7.88. The Bertz CT molecular complexity index is 559. The van der Waals surface area contributed by atoms with Gasteiger partial charge in [0.25, 0.3) is 0 Å². The van der Waals surface area contributed by atoms with E-state index in [-0.39, 0.29) is 5.82 Å². The third-order valence-electron chi connectivity index (χ3n) is 3.76. The second-order valence-electron chi connectivity index (χ2n) is 5.63. The third kappa shape index (κ3) is 6.10. The van der Waals surface area contributed by atoms with Crippen LogP contribution in [0, 0.1) is 5.82 Å². The molecule has 3 nitrogen and oxygen atoms in total. The monoisotopic (exact) mass is 317 g/mol. The van der Waals surface area contributed by atoms with Gasteiger partial charge in [-0.05, 0) is 29.7 Å². The zero-order valence-corrected chi connectivity index (χ0v) is 13.5. The van der Waals surface area contributed by atoms with Gasteiger partial charge in [-0.1, -0.05) is 42.5 Å². The lowest BCUT2D eigenvalue weighted by atomic mass is 10.1. The molecule has 0 heterocycles. The molecular formula is C19H24FNO2. The van der Waals surface area contributed by atoms with E-state index in [9.17, 15) is 9.50 Å². The average Bonchev–Trinajstić information content (AvgIpc) is 2.58. The summed E-state index contributed by atoms with van der Waals surface area (Å²) in [6.45, 7) is 2.70. The summed E-state index contributed by atoms with van der Waals surface area (Å²) in [7, 11) is 1.68. The molecule has 0 fully saturated rings. The number of aliphatic hydroxyl groups is 1. The molecule has 1 N–H and O–H groups in total. The third-order valence-corrected chi connectivity index (χ3v) is 3.76. The quantitative estimate of drug-likeness (QED) is 0.720. The van der Waals surface area contributed by atoms with Gasteiger partial charge in [0.2, 0.25) is 0 Å². The Kier molecular flexibility index (Phi) is 7.20. The molecule has 0 aromatic heterocycles. The molecular weight excluding hydrogens is 293 g/mol. The lowest BCUT2D eigenvalue weighted by Crippen LogP contribution is -2.30. The fraction of sp³-hybridized carbons (Fsp3) is 0.368. The van der Waals surface area contributed by atoms with Crippen molar-refractivity contribution in [3.8, 4) is 0 Å². The largest absolute Gasteiger partial charge is 0.387 e. The minimum absolute atomic E-state index is 0.232. The summed E-state index contributed by atoms with van der Waals surface area (Å²) in [5.74, 6) is -0.232. The van der Waals surface area contributed by atoms with E-state index in [1.54, 1.807) is 19.2 Å². The van der Waals surface area contributed by atoms with Gasteiger partial charge in [0.05, 0.1) is 6.10 Å². The van der Waals surface area contributed by atoms with Crippen LogP contribution in [-0.2, 0) is 11.3 Å². The van der Waals surface area contributed by atoms with Crippen LogP contribution in [0.15, 0.2) is 54.6 Å². The number of halogens is 1. The molecule has 0 aliphatic carbocycles. The Hall–Kier alpha value is -1.75.